The molecule has 0 aromatic carbocycles. The van der Waals surface area contributed by atoms with Gasteiger partial charge in [0.2, 0.25) is 0 Å². The Labute approximate surface area is 331 Å². The molecule has 0 aromatic heterocycles. The predicted octanol–water partition coefficient (Wildman–Crippen LogP) is 11.1. The van der Waals surface area contributed by atoms with Crippen LogP contribution in [0.2, 0.25) is 0 Å². The number of phosphoric acid groups is 1. The maximum Gasteiger partial charge on any atom is 0.306 e. The average Bonchev–Trinajstić information content (AvgIpc) is 3.88. The lowest BCUT2D eigenvalue weighted by molar-refractivity contribution is -0.870. The van der Waals surface area contributed by atoms with Gasteiger partial charge in [-0.3, -0.25) is 9.36 Å². The summed E-state index contributed by atoms with van der Waals surface area (Å²) >= 11 is 0. The fourth-order valence-electron chi connectivity index (χ4n) is 5.84. The molecule has 1 rings (SSSR count). The number of esters is 1. The van der Waals surface area contributed by atoms with Crippen molar-refractivity contribution < 1.29 is 42.0 Å². The molecule has 314 valence electrons. The van der Waals surface area contributed by atoms with E-state index in [0.29, 0.717) is 29.7 Å². The maximum atomic E-state index is 12.6. The molecule has 0 N–H and O–H groups in total. The Morgan fingerprint density at radius 3 is 1.85 bits per heavy atom. The predicted molar refractivity (Wildman–Crippen MR) is 221 cm³/mol. The Hall–Kier alpha value is -1.74. The summed E-state index contributed by atoms with van der Waals surface area (Å²) in [5.74, 6) is -0.414. The number of phosphoric ester groups is 1. The highest BCUT2D eigenvalue weighted by atomic mass is 31.2. The third-order valence-electron chi connectivity index (χ3n) is 9.35. The molecular formula is C44H80NO8P. The number of nitrogens with zero attached hydrogens (tertiary/aromatic N) is 1. The van der Waals surface area contributed by atoms with E-state index >= 15 is 0 Å². The van der Waals surface area contributed by atoms with Gasteiger partial charge in [-0.15, -0.1) is 0 Å². The summed E-state index contributed by atoms with van der Waals surface area (Å²) in [6.07, 6.45) is 42.5. The van der Waals surface area contributed by atoms with Gasteiger partial charge in [0.25, 0.3) is 7.82 Å². The Bertz CT molecular complexity index is 1070. The summed E-state index contributed by atoms with van der Waals surface area (Å²) < 4.78 is 40.0. The minimum Gasteiger partial charge on any atom is -0.756 e. The van der Waals surface area contributed by atoms with Crippen LogP contribution in [-0.2, 0) is 32.6 Å². The summed E-state index contributed by atoms with van der Waals surface area (Å²) in [5, 5.41) is 0. The lowest BCUT2D eigenvalue weighted by atomic mass is 10.0. The SMILES string of the molecule is CCCCC/C=C\CC1OC1C/C=C\C/C=C\CCCC(=O)O[C@H](CO/C=C/CCCCCCCCCCCCCC)COP(=O)([O-])OCC[N+](C)(C)C. The Morgan fingerprint density at radius 2 is 1.20 bits per heavy atom. The highest BCUT2D eigenvalue weighted by molar-refractivity contribution is 7.45. The highest BCUT2D eigenvalue weighted by Crippen LogP contribution is 2.38. The molecule has 0 aliphatic carbocycles. The monoisotopic (exact) mass is 782 g/mol. The standard InChI is InChI=1S/C44H80NO8P/c1-6-8-10-12-14-15-16-17-18-19-20-24-28-32-37-49-39-41(40-51-54(47,48)50-38-36-45(3,4)5)52-44(46)35-31-27-23-21-22-26-30-34-43-42(53-43)33-29-25-13-11-9-7-2/h21,23,25-26,29-30,32,37,41-43H,6-20,22,24,27-28,31,33-36,38-40H2,1-5H3/b23-21-,29-25-,30-26-,37-32+/t41-,42?,43?/m1/s1. The van der Waals surface area contributed by atoms with Gasteiger partial charge in [-0.05, 0) is 63.9 Å². The molecule has 0 saturated carbocycles. The number of quaternary nitrogens is 1. The summed E-state index contributed by atoms with van der Waals surface area (Å²) in [6, 6.07) is 0. The van der Waals surface area contributed by atoms with E-state index in [-0.39, 0.29) is 26.2 Å². The van der Waals surface area contributed by atoms with Gasteiger partial charge in [0.05, 0.1) is 46.2 Å². The molecule has 0 aromatic rings. The van der Waals surface area contributed by atoms with Crippen molar-refractivity contribution in [2.75, 3.05) is 47.5 Å². The Balaban J connectivity index is 2.31. The van der Waals surface area contributed by atoms with Crippen molar-refractivity contribution in [1.29, 1.82) is 0 Å². The number of hydrogen-bond donors (Lipinski definition) is 0. The molecule has 0 amide bonds. The van der Waals surface area contributed by atoms with Crippen molar-refractivity contribution in [2.24, 2.45) is 0 Å². The zero-order chi connectivity index (χ0) is 39.6. The van der Waals surface area contributed by atoms with Crippen LogP contribution in [0.25, 0.3) is 0 Å². The number of carbonyl (C=O) groups is 1. The molecule has 1 fully saturated rings. The fourth-order valence-corrected chi connectivity index (χ4v) is 6.57. The summed E-state index contributed by atoms with van der Waals surface area (Å²) in [6.45, 7) is 4.62. The first kappa shape index (κ1) is 50.3. The number of ether oxygens (including phenoxy) is 3. The van der Waals surface area contributed by atoms with Crippen LogP contribution in [-0.4, -0.2) is 76.3 Å². The van der Waals surface area contributed by atoms with Crippen molar-refractivity contribution in [3.63, 3.8) is 0 Å². The second-order valence-electron chi connectivity index (χ2n) is 15.8. The van der Waals surface area contributed by atoms with E-state index in [1.807, 2.05) is 27.2 Å². The lowest BCUT2D eigenvalue weighted by Crippen LogP contribution is -2.37. The van der Waals surface area contributed by atoms with Gasteiger partial charge < -0.3 is 32.6 Å². The third kappa shape index (κ3) is 33.6. The number of carbonyl (C=O) groups excluding carboxylic acids is 1. The second-order valence-corrected chi connectivity index (χ2v) is 17.2. The molecule has 1 aliphatic rings. The topological polar surface area (TPSA) is 107 Å². The molecular weight excluding hydrogens is 701 g/mol. The van der Waals surface area contributed by atoms with Gasteiger partial charge >= 0.3 is 5.97 Å². The maximum absolute atomic E-state index is 12.6. The minimum absolute atomic E-state index is 0.00290. The summed E-state index contributed by atoms with van der Waals surface area (Å²) in [7, 11) is 1.28. The zero-order valence-corrected chi connectivity index (χ0v) is 36.0. The number of likely N-dealkylation sites (N-methyl/N-ethyl adjacent to an activating group) is 1. The fraction of sp³-hybridized carbons (Fsp3) is 0.795. The zero-order valence-electron chi connectivity index (χ0n) is 35.1. The minimum atomic E-state index is -4.56. The van der Waals surface area contributed by atoms with Crippen LogP contribution in [0.4, 0.5) is 0 Å². The van der Waals surface area contributed by atoms with Crippen LogP contribution in [0.5, 0.6) is 0 Å². The molecule has 9 nitrogen and oxygen atoms in total. The van der Waals surface area contributed by atoms with E-state index in [9.17, 15) is 14.3 Å². The number of hydrogen-bond acceptors (Lipinski definition) is 8. The largest absolute Gasteiger partial charge is 0.756 e. The Kier molecular flexibility index (Phi) is 31.1. The first-order valence-electron chi connectivity index (χ1n) is 21.5. The van der Waals surface area contributed by atoms with Gasteiger partial charge in [-0.1, -0.05) is 134 Å². The van der Waals surface area contributed by atoms with Crippen molar-refractivity contribution in [3.05, 3.63) is 48.8 Å². The average molecular weight is 782 g/mol. The van der Waals surface area contributed by atoms with Gasteiger partial charge in [0, 0.05) is 6.42 Å². The van der Waals surface area contributed by atoms with Crippen molar-refractivity contribution in [3.8, 4) is 0 Å². The van der Waals surface area contributed by atoms with Crippen molar-refractivity contribution in [2.45, 2.75) is 180 Å². The number of epoxide rings is 1. The van der Waals surface area contributed by atoms with Crippen LogP contribution in [0.1, 0.15) is 162 Å². The normalized spacial score (nSPS) is 18.0. The molecule has 0 spiro atoms. The molecule has 54 heavy (non-hydrogen) atoms. The molecule has 0 radical (unpaired) electrons. The van der Waals surface area contributed by atoms with E-state index in [0.717, 1.165) is 38.5 Å². The van der Waals surface area contributed by atoms with E-state index in [4.69, 9.17) is 23.3 Å². The van der Waals surface area contributed by atoms with Crippen LogP contribution in [0.3, 0.4) is 0 Å². The van der Waals surface area contributed by atoms with Crippen LogP contribution in [0.15, 0.2) is 48.8 Å². The van der Waals surface area contributed by atoms with E-state index < -0.39 is 19.9 Å². The molecule has 1 aliphatic heterocycles. The quantitative estimate of drug-likeness (QED) is 0.0116. The van der Waals surface area contributed by atoms with Crippen molar-refractivity contribution in [1.82, 2.24) is 0 Å². The van der Waals surface area contributed by atoms with E-state index in [2.05, 4.69) is 50.3 Å². The second kappa shape index (κ2) is 33.4. The first-order chi connectivity index (χ1) is 26.1. The summed E-state index contributed by atoms with van der Waals surface area (Å²) in [4.78, 5) is 25.0. The van der Waals surface area contributed by atoms with E-state index in [1.54, 1.807) is 6.26 Å². The lowest BCUT2D eigenvalue weighted by Gasteiger charge is -2.28. The third-order valence-corrected chi connectivity index (χ3v) is 10.3. The number of unbranched alkanes of at least 4 members (excludes halogenated alkanes) is 16. The van der Waals surface area contributed by atoms with Crippen molar-refractivity contribution >= 4 is 13.8 Å². The van der Waals surface area contributed by atoms with Gasteiger partial charge in [-0.2, -0.15) is 0 Å². The molecule has 0 bridgehead atoms. The molecule has 10 heteroatoms. The highest BCUT2D eigenvalue weighted by Gasteiger charge is 2.36. The van der Waals surface area contributed by atoms with Gasteiger partial charge in [0.15, 0.2) is 6.10 Å². The first-order valence-corrected chi connectivity index (χ1v) is 23.0. The van der Waals surface area contributed by atoms with Gasteiger partial charge in [0.1, 0.15) is 19.8 Å². The number of allylic oxidation sites excluding steroid dienone is 5. The molecule has 1 heterocycles. The molecule has 3 unspecified atom stereocenters. The van der Waals surface area contributed by atoms with Crippen LogP contribution in [0, 0.1) is 0 Å². The van der Waals surface area contributed by atoms with E-state index in [1.165, 1.54) is 96.3 Å². The Morgan fingerprint density at radius 1 is 0.685 bits per heavy atom. The number of rotatable bonds is 38. The molecule has 1 saturated heterocycles. The van der Waals surface area contributed by atoms with Crippen LogP contribution < -0.4 is 4.89 Å². The smallest absolute Gasteiger partial charge is 0.306 e. The van der Waals surface area contributed by atoms with Gasteiger partial charge in [-0.25, -0.2) is 0 Å². The summed E-state index contributed by atoms with van der Waals surface area (Å²) in [5.41, 5.74) is 0. The van der Waals surface area contributed by atoms with Crippen LogP contribution >= 0.6 is 7.82 Å². The molecule has 4 atom stereocenters.